The van der Waals surface area contributed by atoms with Gasteiger partial charge < -0.3 is 9.47 Å². The van der Waals surface area contributed by atoms with Crippen LogP contribution in [0.1, 0.15) is 16.7 Å². The maximum absolute atomic E-state index is 11.8. The van der Waals surface area contributed by atoms with Crippen LogP contribution < -0.4 is 14.9 Å². The lowest BCUT2D eigenvalue weighted by Crippen LogP contribution is -2.19. The van der Waals surface area contributed by atoms with Gasteiger partial charge in [0, 0.05) is 5.75 Å². The number of nitrogens with zero attached hydrogens (tertiary/aromatic N) is 1. The minimum Gasteiger partial charge on any atom is -0.493 e. The molecule has 0 aliphatic rings. The molecule has 0 saturated heterocycles. The van der Waals surface area contributed by atoms with Crippen molar-refractivity contribution in [1.29, 1.82) is 0 Å². The Hall–Kier alpha value is -2.47. The summed E-state index contributed by atoms with van der Waals surface area (Å²) in [6.07, 6.45) is 1.58. The largest absolute Gasteiger partial charge is 0.493 e. The summed E-state index contributed by atoms with van der Waals surface area (Å²) in [7, 11) is 3.16. The van der Waals surface area contributed by atoms with E-state index in [1.165, 1.54) is 11.1 Å². The number of hydrogen-bond donors (Lipinski definition) is 1. The zero-order valence-corrected chi connectivity index (χ0v) is 15.4. The maximum atomic E-state index is 11.8. The van der Waals surface area contributed by atoms with Crippen LogP contribution in [0.3, 0.4) is 0 Å². The Bertz CT molecular complexity index is 747. The van der Waals surface area contributed by atoms with Crippen molar-refractivity contribution in [2.75, 3.05) is 20.0 Å². The van der Waals surface area contributed by atoms with E-state index in [1.54, 1.807) is 44.3 Å². The van der Waals surface area contributed by atoms with Gasteiger partial charge in [0.05, 0.1) is 26.2 Å². The molecule has 0 aliphatic heterocycles. The number of hydrogen-bond acceptors (Lipinski definition) is 5. The van der Waals surface area contributed by atoms with Gasteiger partial charge in [-0.25, -0.2) is 5.43 Å². The topological polar surface area (TPSA) is 59.9 Å². The molecule has 1 amide bonds. The quantitative estimate of drug-likeness (QED) is 0.580. The summed E-state index contributed by atoms with van der Waals surface area (Å²) >= 11 is 1.56. The van der Waals surface area contributed by atoms with Gasteiger partial charge in [0.25, 0.3) is 0 Å². The highest BCUT2D eigenvalue weighted by Crippen LogP contribution is 2.26. The number of nitrogens with one attached hydrogen (secondary N) is 1. The predicted molar refractivity (Wildman–Crippen MR) is 103 cm³/mol. The zero-order valence-electron chi connectivity index (χ0n) is 14.6. The first-order valence-corrected chi connectivity index (χ1v) is 8.95. The molecule has 6 heteroatoms. The van der Waals surface area contributed by atoms with Gasteiger partial charge in [-0.15, -0.1) is 11.8 Å². The minimum atomic E-state index is -0.129. The summed E-state index contributed by atoms with van der Waals surface area (Å²) in [5.74, 6) is 2.30. The molecular weight excluding hydrogens is 336 g/mol. The highest BCUT2D eigenvalue weighted by atomic mass is 32.2. The molecule has 2 aromatic carbocycles. The van der Waals surface area contributed by atoms with E-state index < -0.39 is 0 Å². The average molecular weight is 358 g/mol. The van der Waals surface area contributed by atoms with E-state index in [9.17, 15) is 4.79 Å². The van der Waals surface area contributed by atoms with Crippen LogP contribution in [0, 0.1) is 6.92 Å². The molecule has 0 aromatic heterocycles. The first-order chi connectivity index (χ1) is 12.1. The zero-order chi connectivity index (χ0) is 18.1. The second-order valence-corrected chi connectivity index (χ2v) is 6.31. The van der Waals surface area contributed by atoms with Crippen molar-refractivity contribution in [3.8, 4) is 11.5 Å². The van der Waals surface area contributed by atoms with E-state index in [2.05, 4.69) is 29.6 Å². The second kappa shape index (κ2) is 9.74. The molecule has 0 saturated carbocycles. The number of benzene rings is 2. The van der Waals surface area contributed by atoms with Crippen LogP contribution in [0.25, 0.3) is 0 Å². The van der Waals surface area contributed by atoms with Crippen molar-refractivity contribution >= 4 is 23.9 Å². The Kier molecular flexibility index (Phi) is 7.35. The molecule has 2 rings (SSSR count). The predicted octanol–water partition coefficient (Wildman–Crippen LogP) is 3.40. The third-order valence-electron chi connectivity index (χ3n) is 3.56. The molecule has 0 spiro atoms. The van der Waals surface area contributed by atoms with Crippen LogP contribution in [0.4, 0.5) is 0 Å². The number of methoxy groups -OCH3 is 2. The van der Waals surface area contributed by atoms with Crippen LogP contribution in [0.2, 0.25) is 0 Å². The number of carbonyl (C=O) groups is 1. The molecular formula is C19H22N2O3S. The first kappa shape index (κ1) is 18.9. The fraction of sp³-hybridized carbons (Fsp3) is 0.263. The summed E-state index contributed by atoms with van der Waals surface area (Å²) in [5, 5.41) is 3.98. The standard InChI is InChI=1S/C19H22N2O3S/c1-14-6-4-5-7-16(14)12-25-13-19(22)21-20-11-15-8-9-17(23-2)18(10-15)24-3/h4-11H,12-13H2,1-3H3,(H,21,22)/b20-11-. The van der Waals surface area contributed by atoms with Crippen LogP contribution in [0.5, 0.6) is 11.5 Å². The summed E-state index contributed by atoms with van der Waals surface area (Å²) < 4.78 is 10.4. The van der Waals surface area contributed by atoms with Crippen molar-refractivity contribution in [1.82, 2.24) is 5.43 Å². The third kappa shape index (κ3) is 5.83. The Balaban J connectivity index is 1.79. The number of hydrazone groups is 1. The van der Waals surface area contributed by atoms with Crippen molar-refractivity contribution in [2.24, 2.45) is 5.10 Å². The number of ether oxygens (including phenoxy) is 2. The summed E-state index contributed by atoms with van der Waals surface area (Å²) in [6.45, 7) is 2.07. The van der Waals surface area contributed by atoms with Gasteiger partial charge in [-0.05, 0) is 41.8 Å². The number of aryl methyl sites for hydroxylation is 1. The lowest BCUT2D eigenvalue weighted by molar-refractivity contribution is -0.118. The molecule has 25 heavy (non-hydrogen) atoms. The molecule has 0 fully saturated rings. The van der Waals surface area contributed by atoms with E-state index in [0.29, 0.717) is 17.3 Å². The van der Waals surface area contributed by atoms with E-state index >= 15 is 0 Å². The van der Waals surface area contributed by atoms with E-state index in [0.717, 1.165) is 11.3 Å². The normalized spacial score (nSPS) is 10.7. The summed E-state index contributed by atoms with van der Waals surface area (Å²) in [5.41, 5.74) is 5.83. The SMILES string of the molecule is COc1ccc(/C=N\NC(=O)CSCc2ccccc2C)cc1OC. The van der Waals surface area contributed by atoms with Crippen LogP contribution >= 0.6 is 11.8 Å². The second-order valence-electron chi connectivity index (χ2n) is 5.33. The lowest BCUT2D eigenvalue weighted by atomic mass is 10.1. The van der Waals surface area contributed by atoms with Crippen LogP contribution in [0.15, 0.2) is 47.6 Å². The number of amides is 1. The Morgan fingerprint density at radius 1 is 1.16 bits per heavy atom. The number of rotatable bonds is 8. The first-order valence-electron chi connectivity index (χ1n) is 7.80. The van der Waals surface area contributed by atoms with E-state index in [1.807, 2.05) is 18.2 Å². The Morgan fingerprint density at radius 3 is 2.64 bits per heavy atom. The van der Waals surface area contributed by atoms with E-state index in [-0.39, 0.29) is 5.91 Å². The molecule has 0 radical (unpaired) electrons. The smallest absolute Gasteiger partial charge is 0.250 e. The van der Waals surface area contributed by atoms with Crippen molar-refractivity contribution in [3.63, 3.8) is 0 Å². The Labute approximate surface area is 152 Å². The van der Waals surface area contributed by atoms with E-state index in [4.69, 9.17) is 9.47 Å². The fourth-order valence-corrected chi connectivity index (χ4v) is 3.07. The van der Waals surface area contributed by atoms with Gasteiger partial charge in [-0.1, -0.05) is 24.3 Å². The fourth-order valence-electron chi connectivity index (χ4n) is 2.17. The molecule has 5 nitrogen and oxygen atoms in total. The Morgan fingerprint density at radius 2 is 1.92 bits per heavy atom. The van der Waals surface area contributed by atoms with Gasteiger partial charge >= 0.3 is 0 Å². The van der Waals surface area contributed by atoms with Crippen molar-refractivity contribution in [2.45, 2.75) is 12.7 Å². The van der Waals surface area contributed by atoms with Crippen molar-refractivity contribution in [3.05, 3.63) is 59.2 Å². The van der Waals surface area contributed by atoms with Crippen LogP contribution in [-0.2, 0) is 10.5 Å². The van der Waals surface area contributed by atoms with Gasteiger partial charge in [0.2, 0.25) is 5.91 Å². The maximum Gasteiger partial charge on any atom is 0.250 e. The highest BCUT2D eigenvalue weighted by Gasteiger charge is 2.04. The molecule has 0 aliphatic carbocycles. The molecule has 0 heterocycles. The lowest BCUT2D eigenvalue weighted by Gasteiger charge is -2.07. The molecule has 132 valence electrons. The van der Waals surface area contributed by atoms with Crippen molar-refractivity contribution < 1.29 is 14.3 Å². The van der Waals surface area contributed by atoms with Gasteiger partial charge in [0.15, 0.2) is 11.5 Å². The molecule has 0 bridgehead atoms. The number of carbonyl (C=O) groups excluding carboxylic acids is 1. The summed E-state index contributed by atoms with van der Waals surface area (Å²) in [6, 6.07) is 13.6. The van der Waals surface area contributed by atoms with Gasteiger partial charge in [-0.2, -0.15) is 5.10 Å². The molecule has 0 unspecified atom stereocenters. The minimum absolute atomic E-state index is 0.129. The van der Waals surface area contributed by atoms with Gasteiger partial charge in [-0.3, -0.25) is 4.79 Å². The molecule has 2 aromatic rings. The third-order valence-corrected chi connectivity index (χ3v) is 4.54. The average Bonchev–Trinajstić information content (AvgIpc) is 2.63. The molecule has 1 N–H and O–H groups in total. The monoisotopic (exact) mass is 358 g/mol. The highest BCUT2D eigenvalue weighted by molar-refractivity contribution is 7.99. The number of thioether (sulfide) groups is 1. The van der Waals surface area contributed by atoms with Crippen LogP contribution in [-0.4, -0.2) is 32.1 Å². The summed E-state index contributed by atoms with van der Waals surface area (Å²) in [4.78, 5) is 11.8. The molecule has 0 atom stereocenters. The van der Waals surface area contributed by atoms with Gasteiger partial charge in [0.1, 0.15) is 0 Å².